The molecule has 1 aliphatic rings. The van der Waals surface area contributed by atoms with Crippen LogP contribution in [0.1, 0.15) is 12.8 Å². The minimum atomic E-state index is -3.56. The van der Waals surface area contributed by atoms with Gasteiger partial charge in [-0.25, -0.2) is 13.4 Å². The third kappa shape index (κ3) is 3.05. The normalized spacial score (nSPS) is 15.2. The average molecular weight is 429 g/mol. The number of sulfone groups is 1. The first-order chi connectivity index (χ1) is 10.5. The van der Waals surface area contributed by atoms with Crippen molar-refractivity contribution in [3.05, 3.63) is 40.1 Å². The van der Waals surface area contributed by atoms with E-state index in [1.54, 1.807) is 24.3 Å². The molecule has 0 bridgehead atoms. The highest BCUT2D eigenvalue weighted by Crippen LogP contribution is 2.27. The molecule has 2 heterocycles. The molecule has 0 spiro atoms. The lowest BCUT2D eigenvalue weighted by atomic mass is 10.3. The Hall–Kier alpha value is -1.35. The number of nitrogens with zero attached hydrogens (tertiary/aromatic N) is 2. The highest BCUT2D eigenvalue weighted by Gasteiger charge is 2.22. The van der Waals surface area contributed by atoms with Crippen LogP contribution in [0.5, 0.6) is 0 Å². The van der Waals surface area contributed by atoms with E-state index >= 15 is 0 Å². The van der Waals surface area contributed by atoms with Gasteiger partial charge in [0, 0.05) is 18.8 Å². The highest BCUT2D eigenvalue weighted by molar-refractivity contribution is 14.1. The van der Waals surface area contributed by atoms with Gasteiger partial charge in [-0.05, 0) is 71.8 Å². The van der Waals surface area contributed by atoms with Crippen molar-refractivity contribution in [1.29, 1.82) is 0 Å². The Kier molecular flexibility index (Phi) is 4.26. The molecule has 0 amide bonds. The number of anilines is 2. The molecule has 7 heteroatoms. The van der Waals surface area contributed by atoms with E-state index in [0.717, 1.165) is 31.7 Å². The maximum atomic E-state index is 12.8. The van der Waals surface area contributed by atoms with Crippen LogP contribution in [0.2, 0.25) is 0 Å². The third-order valence-electron chi connectivity index (χ3n) is 3.68. The van der Waals surface area contributed by atoms with Gasteiger partial charge in [-0.2, -0.15) is 0 Å². The number of benzene rings is 1. The SMILES string of the molecule is Nc1ccc(S(=O)(=O)c2cc(I)nc(N3CCCC3)c2)cc1. The van der Waals surface area contributed by atoms with Gasteiger partial charge in [0.05, 0.1) is 9.79 Å². The van der Waals surface area contributed by atoms with Crippen LogP contribution >= 0.6 is 22.6 Å². The van der Waals surface area contributed by atoms with Crippen molar-refractivity contribution >= 4 is 43.9 Å². The van der Waals surface area contributed by atoms with Crippen LogP contribution < -0.4 is 10.6 Å². The zero-order valence-electron chi connectivity index (χ0n) is 11.9. The number of hydrogen-bond donors (Lipinski definition) is 1. The van der Waals surface area contributed by atoms with Crippen molar-refractivity contribution in [2.75, 3.05) is 23.7 Å². The van der Waals surface area contributed by atoms with Crippen molar-refractivity contribution in [1.82, 2.24) is 4.98 Å². The van der Waals surface area contributed by atoms with Gasteiger partial charge in [0.1, 0.15) is 9.52 Å². The zero-order valence-corrected chi connectivity index (χ0v) is 14.8. The molecule has 0 saturated carbocycles. The predicted octanol–water partition coefficient (Wildman–Crippen LogP) is 2.70. The summed E-state index contributed by atoms with van der Waals surface area (Å²) in [6, 6.07) is 9.53. The van der Waals surface area contributed by atoms with E-state index < -0.39 is 9.84 Å². The first-order valence-electron chi connectivity index (χ1n) is 7.00. The second kappa shape index (κ2) is 6.04. The monoisotopic (exact) mass is 429 g/mol. The van der Waals surface area contributed by atoms with Crippen LogP contribution in [0.4, 0.5) is 11.5 Å². The van der Waals surface area contributed by atoms with Crippen LogP contribution in [0, 0.1) is 3.70 Å². The largest absolute Gasteiger partial charge is 0.399 e. The Labute approximate surface area is 143 Å². The Morgan fingerprint density at radius 3 is 2.32 bits per heavy atom. The summed E-state index contributed by atoms with van der Waals surface area (Å²) >= 11 is 2.06. The molecular weight excluding hydrogens is 413 g/mol. The Bertz CT molecular complexity index is 785. The molecule has 0 atom stereocenters. The fraction of sp³-hybridized carbons (Fsp3) is 0.267. The van der Waals surface area contributed by atoms with Gasteiger partial charge in [-0.1, -0.05) is 0 Å². The summed E-state index contributed by atoms with van der Waals surface area (Å²) in [5.41, 5.74) is 6.17. The molecule has 1 aromatic heterocycles. The highest BCUT2D eigenvalue weighted by atomic mass is 127. The lowest BCUT2D eigenvalue weighted by Gasteiger charge is -2.17. The molecule has 22 heavy (non-hydrogen) atoms. The van der Waals surface area contributed by atoms with Gasteiger partial charge < -0.3 is 10.6 Å². The molecule has 116 valence electrons. The van der Waals surface area contributed by atoms with Gasteiger partial charge in [0.15, 0.2) is 0 Å². The summed E-state index contributed by atoms with van der Waals surface area (Å²) in [7, 11) is -3.56. The molecule has 1 aliphatic heterocycles. The maximum absolute atomic E-state index is 12.8. The number of pyridine rings is 1. The van der Waals surface area contributed by atoms with E-state index in [0.29, 0.717) is 9.39 Å². The molecule has 1 saturated heterocycles. The summed E-state index contributed by atoms with van der Waals surface area (Å²) in [6.45, 7) is 1.85. The van der Waals surface area contributed by atoms with E-state index in [-0.39, 0.29) is 9.79 Å². The van der Waals surface area contributed by atoms with Gasteiger partial charge in [-0.15, -0.1) is 0 Å². The molecule has 2 aromatic rings. The third-order valence-corrected chi connectivity index (χ3v) is 5.99. The van der Waals surface area contributed by atoms with E-state index in [2.05, 4.69) is 32.5 Å². The summed E-state index contributed by atoms with van der Waals surface area (Å²) in [5, 5.41) is 0. The quantitative estimate of drug-likeness (QED) is 0.462. The molecule has 5 nitrogen and oxygen atoms in total. The van der Waals surface area contributed by atoms with Gasteiger partial charge in [-0.3, -0.25) is 0 Å². The van der Waals surface area contributed by atoms with Crippen LogP contribution in [0.15, 0.2) is 46.2 Å². The summed E-state index contributed by atoms with van der Waals surface area (Å²) < 4.78 is 26.2. The van der Waals surface area contributed by atoms with E-state index in [9.17, 15) is 8.42 Å². The van der Waals surface area contributed by atoms with Crippen molar-refractivity contribution < 1.29 is 8.42 Å². The number of halogens is 1. The molecule has 1 fully saturated rings. The average Bonchev–Trinajstić information content (AvgIpc) is 3.01. The standard InChI is InChI=1S/C15H16IN3O2S/c16-14-9-13(10-15(18-14)19-7-1-2-8-19)22(20,21)12-5-3-11(17)4-6-12/h3-6,9-10H,1-2,7-8,17H2. The Balaban J connectivity index is 2.04. The Morgan fingerprint density at radius 1 is 1.05 bits per heavy atom. The number of nitrogen functional groups attached to an aromatic ring is 1. The molecule has 3 rings (SSSR count). The molecule has 0 unspecified atom stereocenters. The maximum Gasteiger partial charge on any atom is 0.206 e. The lowest BCUT2D eigenvalue weighted by molar-refractivity contribution is 0.596. The Morgan fingerprint density at radius 2 is 1.68 bits per heavy atom. The lowest BCUT2D eigenvalue weighted by Crippen LogP contribution is -2.20. The molecule has 0 aliphatic carbocycles. The molecule has 1 aromatic carbocycles. The van der Waals surface area contributed by atoms with Crippen molar-refractivity contribution in [3.8, 4) is 0 Å². The van der Waals surface area contributed by atoms with E-state index in [4.69, 9.17) is 5.73 Å². The van der Waals surface area contributed by atoms with Crippen LogP contribution in [0.3, 0.4) is 0 Å². The van der Waals surface area contributed by atoms with Crippen LogP contribution in [-0.4, -0.2) is 26.5 Å². The minimum Gasteiger partial charge on any atom is -0.399 e. The van der Waals surface area contributed by atoms with Crippen molar-refractivity contribution in [2.45, 2.75) is 22.6 Å². The molecular formula is C15H16IN3O2S. The van der Waals surface area contributed by atoms with Gasteiger partial charge in [0.2, 0.25) is 9.84 Å². The zero-order chi connectivity index (χ0) is 15.7. The van der Waals surface area contributed by atoms with Crippen molar-refractivity contribution in [2.24, 2.45) is 0 Å². The first kappa shape index (κ1) is 15.5. The second-order valence-electron chi connectivity index (χ2n) is 5.25. The minimum absolute atomic E-state index is 0.246. The smallest absolute Gasteiger partial charge is 0.206 e. The number of aromatic nitrogens is 1. The molecule has 0 radical (unpaired) electrons. The van der Waals surface area contributed by atoms with Crippen molar-refractivity contribution in [3.63, 3.8) is 0 Å². The summed E-state index contributed by atoms with van der Waals surface area (Å²) in [4.78, 5) is 7.12. The topological polar surface area (TPSA) is 76.3 Å². The number of rotatable bonds is 3. The fourth-order valence-corrected chi connectivity index (χ4v) is 4.59. The number of nitrogens with two attached hydrogens (primary N) is 1. The van der Waals surface area contributed by atoms with Gasteiger partial charge in [0.25, 0.3) is 0 Å². The number of hydrogen-bond acceptors (Lipinski definition) is 5. The van der Waals surface area contributed by atoms with E-state index in [1.165, 1.54) is 12.1 Å². The second-order valence-corrected chi connectivity index (χ2v) is 8.31. The summed E-state index contributed by atoms with van der Waals surface area (Å²) in [6.07, 6.45) is 2.24. The van der Waals surface area contributed by atoms with Crippen LogP contribution in [0.25, 0.3) is 0 Å². The van der Waals surface area contributed by atoms with Crippen LogP contribution in [-0.2, 0) is 9.84 Å². The predicted molar refractivity (Wildman–Crippen MR) is 94.7 cm³/mol. The fourth-order valence-electron chi connectivity index (χ4n) is 2.51. The molecule has 2 N–H and O–H groups in total. The van der Waals surface area contributed by atoms with E-state index in [1.807, 2.05) is 0 Å². The first-order valence-corrected chi connectivity index (χ1v) is 9.56. The van der Waals surface area contributed by atoms with Gasteiger partial charge >= 0.3 is 0 Å². The summed E-state index contributed by atoms with van der Waals surface area (Å²) in [5.74, 6) is 0.735.